The molecule has 1 aromatic carbocycles. The van der Waals surface area contributed by atoms with E-state index < -0.39 is 65.1 Å². The van der Waals surface area contributed by atoms with Gasteiger partial charge in [0.1, 0.15) is 34.4 Å². The minimum absolute atomic E-state index is 0.0835. The number of carbonyl (C=O) groups excluding carboxylic acids is 1. The lowest BCUT2D eigenvalue weighted by molar-refractivity contribution is -0.236. The summed E-state index contributed by atoms with van der Waals surface area (Å²) in [6.45, 7) is 0.792. The quantitative estimate of drug-likeness (QED) is 0.434. The maximum Gasteiger partial charge on any atom is 0.274 e. The van der Waals surface area contributed by atoms with Crippen molar-refractivity contribution in [2.24, 2.45) is 0 Å². The number of benzene rings is 1. The Morgan fingerprint density at radius 2 is 1.89 bits per heavy atom. The number of nitrogens with zero attached hydrogens (tertiary/aromatic N) is 2. The van der Waals surface area contributed by atoms with Crippen LogP contribution in [0.5, 0.6) is 0 Å². The summed E-state index contributed by atoms with van der Waals surface area (Å²) in [7, 11) is 0. The summed E-state index contributed by atoms with van der Waals surface area (Å²) >= 11 is 0. The molecule has 3 aromatic rings. The highest BCUT2D eigenvalue weighted by molar-refractivity contribution is 6.03. The molecule has 4 atom stereocenters. The monoisotopic (exact) mass is 489 g/mol. The van der Waals surface area contributed by atoms with E-state index in [1.165, 1.54) is 19.3 Å². The van der Waals surface area contributed by atoms with E-state index in [9.17, 15) is 33.3 Å². The van der Waals surface area contributed by atoms with Gasteiger partial charge in [0.05, 0.1) is 42.4 Å². The van der Waals surface area contributed by atoms with Gasteiger partial charge in [-0.1, -0.05) is 6.07 Å². The van der Waals surface area contributed by atoms with E-state index in [1.807, 2.05) is 0 Å². The van der Waals surface area contributed by atoms with Crippen LogP contribution in [0.4, 0.5) is 18.9 Å². The topological polar surface area (TPSA) is 125 Å². The van der Waals surface area contributed by atoms with Crippen LogP contribution in [0.2, 0.25) is 0 Å². The number of amides is 1. The van der Waals surface area contributed by atoms with Crippen molar-refractivity contribution < 1.29 is 38.0 Å². The number of aliphatic hydroxyl groups is 3. The number of rotatable bonds is 5. The number of nitrogens with one attached hydrogen (secondary N) is 1. The van der Waals surface area contributed by atoms with E-state index >= 15 is 0 Å². The van der Waals surface area contributed by atoms with Crippen LogP contribution in [0.15, 0.2) is 48.8 Å². The first kappa shape index (κ1) is 24.7. The van der Waals surface area contributed by atoms with Crippen LogP contribution in [0.1, 0.15) is 35.5 Å². The Balaban J connectivity index is 1.62. The number of aliphatic hydroxyl groups excluding tert-OH is 2. The Morgan fingerprint density at radius 3 is 2.54 bits per heavy atom. The Morgan fingerprint density at radius 1 is 1.17 bits per heavy atom. The lowest BCUT2D eigenvalue weighted by Gasteiger charge is -2.44. The molecule has 0 spiro atoms. The largest absolute Gasteiger partial charge is 0.393 e. The normalized spacial score (nSPS) is 24.3. The predicted molar refractivity (Wildman–Crippen MR) is 118 cm³/mol. The fourth-order valence-electron chi connectivity index (χ4n) is 3.98. The summed E-state index contributed by atoms with van der Waals surface area (Å²) in [6.07, 6.45) is -0.339. The van der Waals surface area contributed by atoms with Crippen LogP contribution in [0.25, 0.3) is 11.3 Å². The van der Waals surface area contributed by atoms with Crippen LogP contribution < -0.4 is 5.32 Å². The van der Waals surface area contributed by atoms with Gasteiger partial charge in [0.2, 0.25) is 0 Å². The second kappa shape index (κ2) is 9.70. The Hall–Kier alpha value is -3.38. The Bertz CT molecular complexity index is 1230. The number of ether oxygens (including phenoxy) is 1. The maximum atomic E-state index is 14.4. The molecule has 0 saturated carbocycles. The Kier molecular flexibility index (Phi) is 6.86. The molecule has 4 rings (SSSR count). The highest BCUT2D eigenvalue weighted by atomic mass is 19.1. The number of hydrogen-bond acceptors (Lipinski definition) is 7. The zero-order valence-corrected chi connectivity index (χ0v) is 18.5. The molecule has 35 heavy (non-hydrogen) atoms. The molecule has 3 heterocycles. The third-order valence-corrected chi connectivity index (χ3v) is 6.07. The lowest BCUT2D eigenvalue weighted by Crippen LogP contribution is -2.58. The molecule has 1 aliphatic heterocycles. The number of halogens is 3. The van der Waals surface area contributed by atoms with E-state index in [4.69, 9.17) is 4.74 Å². The van der Waals surface area contributed by atoms with Gasteiger partial charge in [-0.2, -0.15) is 0 Å². The minimum atomic E-state index is -1.84. The van der Waals surface area contributed by atoms with Crippen molar-refractivity contribution in [3.05, 3.63) is 77.5 Å². The van der Waals surface area contributed by atoms with Gasteiger partial charge in [0.25, 0.3) is 5.91 Å². The summed E-state index contributed by atoms with van der Waals surface area (Å²) < 4.78 is 48.5. The van der Waals surface area contributed by atoms with Gasteiger partial charge in [0.15, 0.2) is 0 Å². The van der Waals surface area contributed by atoms with Gasteiger partial charge < -0.3 is 25.4 Å². The van der Waals surface area contributed by atoms with Gasteiger partial charge in [-0.05, 0) is 37.3 Å². The molecule has 11 heteroatoms. The molecule has 0 bridgehead atoms. The predicted octanol–water partition coefficient (Wildman–Crippen LogP) is 2.75. The zero-order valence-electron chi connectivity index (χ0n) is 18.5. The number of anilines is 1. The SMILES string of the molecule is C[C@@H]1O[C@H](c2ccncc2NC(=O)c2ccc(F)c(-c3c(F)cccc3F)n2)C[C@H](O)[C@]1(O)CO. The van der Waals surface area contributed by atoms with E-state index in [1.54, 1.807) is 6.07 Å². The van der Waals surface area contributed by atoms with Gasteiger partial charge in [0, 0.05) is 18.2 Å². The standard InChI is InChI=1S/C24H22F3N3O5/c1-12-24(34,11-31)20(32)9-19(35-12)13-7-8-28-10-18(13)30-23(33)17-6-5-16(27)22(29-17)21-14(25)3-2-4-15(21)26/h2-8,10,12,19-20,31-32,34H,9,11H2,1H3,(H,30,33)/t12-,19-,20-,24-/m0/s1. The molecule has 1 fully saturated rings. The van der Waals surface area contributed by atoms with Crippen molar-refractivity contribution >= 4 is 11.6 Å². The third-order valence-electron chi connectivity index (χ3n) is 6.07. The number of hydrogen-bond donors (Lipinski definition) is 4. The Labute approximate surface area is 198 Å². The van der Waals surface area contributed by atoms with Gasteiger partial charge in [-0.15, -0.1) is 0 Å². The summed E-state index contributed by atoms with van der Waals surface area (Å²) in [5.41, 5.74) is -2.91. The van der Waals surface area contributed by atoms with Crippen molar-refractivity contribution in [2.45, 2.75) is 37.3 Å². The minimum Gasteiger partial charge on any atom is -0.393 e. The van der Waals surface area contributed by atoms with Crippen molar-refractivity contribution in [1.82, 2.24) is 9.97 Å². The molecule has 184 valence electrons. The van der Waals surface area contributed by atoms with Gasteiger partial charge in [-0.3, -0.25) is 9.78 Å². The summed E-state index contributed by atoms with van der Waals surface area (Å²) in [5, 5.41) is 32.9. The van der Waals surface area contributed by atoms with Gasteiger partial charge in [-0.25, -0.2) is 18.2 Å². The van der Waals surface area contributed by atoms with Crippen molar-refractivity contribution in [1.29, 1.82) is 0 Å². The van der Waals surface area contributed by atoms with Crippen LogP contribution in [-0.4, -0.2) is 55.6 Å². The van der Waals surface area contributed by atoms with Crippen molar-refractivity contribution in [2.75, 3.05) is 11.9 Å². The number of pyridine rings is 2. The molecule has 1 saturated heterocycles. The zero-order chi connectivity index (χ0) is 25.3. The lowest BCUT2D eigenvalue weighted by atomic mass is 9.83. The molecule has 0 unspecified atom stereocenters. The second-order valence-corrected chi connectivity index (χ2v) is 8.21. The fraction of sp³-hybridized carbons (Fsp3) is 0.292. The average molecular weight is 489 g/mol. The van der Waals surface area contributed by atoms with Gasteiger partial charge >= 0.3 is 0 Å². The molecule has 2 aromatic heterocycles. The van der Waals surface area contributed by atoms with Crippen LogP contribution in [0, 0.1) is 17.5 Å². The highest BCUT2D eigenvalue weighted by Crippen LogP contribution is 2.39. The third kappa shape index (κ3) is 4.63. The van der Waals surface area contributed by atoms with E-state index in [-0.39, 0.29) is 17.8 Å². The molecular weight excluding hydrogens is 467 g/mol. The molecule has 0 radical (unpaired) electrons. The first-order chi connectivity index (χ1) is 16.7. The molecule has 1 aliphatic rings. The summed E-state index contributed by atoms with van der Waals surface area (Å²) in [6, 6.07) is 6.51. The second-order valence-electron chi connectivity index (χ2n) is 8.21. The first-order valence-corrected chi connectivity index (χ1v) is 10.7. The summed E-state index contributed by atoms with van der Waals surface area (Å²) in [5.74, 6) is -3.89. The summed E-state index contributed by atoms with van der Waals surface area (Å²) in [4.78, 5) is 20.7. The fourth-order valence-corrected chi connectivity index (χ4v) is 3.98. The maximum absolute atomic E-state index is 14.4. The van der Waals surface area contributed by atoms with Crippen LogP contribution >= 0.6 is 0 Å². The van der Waals surface area contributed by atoms with Crippen LogP contribution in [-0.2, 0) is 4.74 Å². The molecule has 8 nitrogen and oxygen atoms in total. The van der Waals surface area contributed by atoms with Crippen LogP contribution in [0.3, 0.4) is 0 Å². The molecule has 4 N–H and O–H groups in total. The molecule has 1 amide bonds. The number of aromatic nitrogens is 2. The molecule has 0 aliphatic carbocycles. The van der Waals surface area contributed by atoms with Crippen molar-refractivity contribution in [3.8, 4) is 11.3 Å². The number of carbonyl (C=O) groups is 1. The smallest absolute Gasteiger partial charge is 0.274 e. The van der Waals surface area contributed by atoms with E-state index in [0.717, 1.165) is 30.3 Å². The molecular formula is C24H22F3N3O5. The highest BCUT2D eigenvalue weighted by Gasteiger charge is 2.48. The van der Waals surface area contributed by atoms with E-state index in [0.29, 0.717) is 5.56 Å². The first-order valence-electron chi connectivity index (χ1n) is 10.7. The van der Waals surface area contributed by atoms with E-state index in [2.05, 4.69) is 15.3 Å². The average Bonchev–Trinajstić information content (AvgIpc) is 2.83. The van der Waals surface area contributed by atoms with Crippen molar-refractivity contribution in [3.63, 3.8) is 0 Å².